The van der Waals surface area contributed by atoms with Crippen LogP contribution in [0.1, 0.15) is 26.7 Å². The lowest BCUT2D eigenvalue weighted by Gasteiger charge is -2.15. The summed E-state index contributed by atoms with van der Waals surface area (Å²) < 4.78 is 21.8. The van der Waals surface area contributed by atoms with E-state index in [1.165, 1.54) is 6.26 Å². The highest BCUT2D eigenvalue weighted by Crippen LogP contribution is 2.17. The van der Waals surface area contributed by atoms with Crippen molar-refractivity contribution in [3.8, 4) is 0 Å². The molecule has 0 fully saturated rings. The molecule has 0 amide bonds. The quantitative estimate of drug-likeness (QED) is 0.652. The third-order valence-corrected chi connectivity index (χ3v) is 3.33. The van der Waals surface area contributed by atoms with Crippen molar-refractivity contribution in [2.24, 2.45) is 11.8 Å². The van der Waals surface area contributed by atoms with Gasteiger partial charge >= 0.3 is 0 Å². The lowest BCUT2D eigenvalue weighted by atomic mass is 9.97. The summed E-state index contributed by atoms with van der Waals surface area (Å²) in [6.45, 7) is 4.25. The van der Waals surface area contributed by atoms with Gasteiger partial charge in [0.15, 0.2) is 0 Å². The van der Waals surface area contributed by atoms with Crippen LogP contribution < -0.4 is 0 Å². The van der Waals surface area contributed by atoms with E-state index in [2.05, 4.69) is 13.8 Å². The number of halogens is 1. The summed E-state index contributed by atoms with van der Waals surface area (Å²) in [5.41, 5.74) is 0. The van der Waals surface area contributed by atoms with Crippen LogP contribution in [-0.4, -0.2) is 26.3 Å². The van der Waals surface area contributed by atoms with E-state index >= 15 is 0 Å². The molecule has 0 rings (SSSR count). The van der Waals surface area contributed by atoms with Gasteiger partial charge in [0.1, 0.15) is 9.84 Å². The summed E-state index contributed by atoms with van der Waals surface area (Å²) in [5.74, 6) is 1.75. The maximum atomic E-state index is 10.9. The number of hydrogen-bond acceptors (Lipinski definition) is 2. The van der Waals surface area contributed by atoms with Crippen LogP contribution in [0.3, 0.4) is 0 Å². The number of hydrogen-bond donors (Lipinski definition) is 0. The first-order chi connectivity index (χ1) is 5.85. The van der Waals surface area contributed by atoms with Gasteiger partial charge in [0.2, 0.25) is 0 Å². The number of sulfone groups is 1. The Morgan fingerprint density at radius 3 is 2.15 bits per heavy atom. The van der Waals surface area contributed by atoms with Crippen LogP contribution in [0.25, 0.3) is 0 Å². The minimum Gasteiger partial charge on any atom is -0.229 e. The zero-order valence-electron chi connectivity index (χ0n) is 8.59. The van der Waals surface area contributed by atoms with E-state index in [9.17, 15) is 8.42 Å². The first-order valence-corrected chi connectivity index (χ1v) is 7.18. The van der Waals surface area contributed by atoms with Crippen LogP contribution in [0.5, 0.6) is 0 Å². The van der Waals surface area contributed by atoms with Gasteiger partial charge in [0.25, 0.3) is 0 Å². The van der Waals surface area contributed by atoms with Crippen LogP contribution in [0.2, 0.25) is 0 Å². The van der Waals surface area contributed by atoms with Gasteiger partial charge in [-0.2, -0.15) is 0 Å². The Morgan fingerprint density at radius 1 is 1.31 bits per heavy atom. The first-order valence-electron chi connectivity index (χ1n) is 4.59. The molecular weight excluding hydrogens is 208 g/mol. The van der Waals surface area contributed by atoms with Crippen LogP contribution in [0.15, 0.2) is 0 Å². The standard InChI is InChI=1S/C9H19ClO2S/c1-8(2)6-9(7-10)4-5-13(3,11)12/h8-9H,4-7H2,1-3H3. The molecule has 0 aromatic heterocycles. The molecular formula is C9H19ClO2S. The van der Waals surface area contributed by atoms with Crippen LogP contribution >= 0.6 is 11.6 Å². The summed E-state index contributed by atoms with van der Waals surface area (Å²) >= 11 is 5.75. The van der Waals surface area contributed by atoms with E-state index in [-0.39, 0.29) is 5.75 Å². The average molecular weight is 227 g/mol. The van der Waals surface area contributed by atoms with Crippen molar-refractivity contribution in [2.75, 3.05) is 17.9 Å². The third-order valence-electron chi connectivity index (χ3n) is 1.92. The van der Waals surface area contributed by atoms with Crippen molar-refractivity contribution in [1.29, 1.82) is 0 Å². The summed E-state index contributed by atoms with van der Waals surface area (Å²) in [6.07, 6.45) is 2.98. The predicted molar refractivity (Wildman–Crippen MR) is 58.0 cm³/mol. The molecule has 2 nitrogen and oxygen atoms in total. The normalized spacial score (nSPS) is 14.8. The summed E-state index contributed by atoms with van der Waals surface area (Å²) in [5, 5.41) is 0. The monoisotopic (exact) mass is 226 g/mol. The summed E-state index contributed by atoms with van der Waals surface area (Å²) in [7, 11) is -2.82. The zero-order valence-corrected chi connectivity index (χ0v) is 10.2. The molecule has 0 aromatic carbocycles. The lowest BCUT2D eigenvalue weighted by molar-refractivity contribution is 0.432. The van der Waals surface area contributed by atoms with Crippen molar-refractivity contribution < 1.29 is 8.42 Å². The topological polar surface area (TPSA) is 34.1 Å². The molecule has 4 heteroatoms. The van der Waals surface area contributed by atoms with Crippen molar-refractivity contribution in [1.82, 2.24) is 0 Å². The minimum absolute atomic E-state index is 0.261. The highest BCUT2D eigenvalue weighted by atomic mass is 35.5. The Labute approximate surface area is 86.6 Å². The molecule has 1 atom stereocenters. The highest BCUT2D eigenvalue weighted by Gasteiger charge is 2.12. The van der Waals surface area contributed by atoms with E-state index in [1.807, 2.05) is 0 Å². The second-order valence-electron chi connectivity index (χ2n) is 4.07. The van der Waals surface area contributed by atoms with Gasteiger partial charge in [-0.25, -0.2) is 8.42 Å². The Balaban J connectivity index is 3.86. The van der Waals surface area contributed by atoms with Crippen molar-refractivity contribution >= 4 is 21.4 Å². The average Bonchev–Trinajstić information content (AvgIpc) is 1.95. The van der Waals surface area contributed by atoms with Gasteiger partial charge in [-0.1, -0.05) is 13.8 Å². The molecule has 0 saturated carbocycles. The SMILES string of the molecule is CC(C)CC(CCl)CCS(C)(=O)=O. The first kappa shape index (κ1) is 13.2. The van der Waals surface area contributed by atoms with E-state index in [4.69, 9.17) is 11.6 Å². The molecule has 0 aliphatic heterocycles. The Bertz CT molecular complexity index is 222. The van der Waals surface area contributed by atoms with E-state index in [1.54, 1.807) is 0 Å². The maximum Gasteiger partial charge on any atom is 0.147 e. The molecule has 0 bridgehead atoms. The molecule has 0 aromatic rings. The molecule has 0 N–H and O–H groups in total. The fraction of sp³-hybridized carbons (Fsp3) is 1.00. The summed E-state index contributed by atoms with van der Waals surface area (Å²) in [4.78, 5) is 0. The van der Waals surface area contributed by atoms with Crippen LogP contribution in [-0.2, 0) is 9.84 Å². The predicted octanol–water partition coefficient (Wildman–Crippen LogP) is 2.32. The zero-order chi connectivity index (χ0) is 10.5. The van der Waals surface area contributed by atoms with E-state index in [0.29, 0.717) is 24.1 Å². The van der Waals surface area contributed by atoms with Gasteiger partial charge in [0, 0.05) is 12.1 Å². The van der Waals surface area contributed by atoms with E-state index in [0.717, 1.165) is 6.42 Å². The molecule has 0 spiro atoms. The Kier molecular flexibility index (Phi) is 5.97. The largest absolute Gasteiger partial charge is 0.229 e. The highest BCUT2D eigenvalue weighted by molar-refractivity contribution is 7.90. The van der Waals surface area contributed by atoms with Gasteiger partial charge in [-0.3, -0.25) is 0 Å². The van der Waals surface area contributed by atoms with Crippen molar-refractivity contribution in [3.05, 3.63) is 0 Å². The van der Waals surface area contributed by atoms with Gasteiger partial charge in [0.05, 0.1) is 5.75 Å². The Hall–Kier alpha value is 0.240. The minimum atomic E-state index is -2.82. The third kappa shape index (κ3) is 8.57. The molecule has 0 heterocycles. The van der Waals surface area contributed by atoms with Gasteiger partial charge in [-0.05, 0) is 24.7 Å². The molecule has 0 aliphatic rings. The molecule has 0 radical (unpaired) electrons. The number of alkyl halides is 1. The number of rotatable bonds is 6. The molecule has 80 valence electrons. The second-order valence-corrected chi connectivity index (χ2v) is 6.64. The maximum absolute atomic E-state index is 10.9. The molecule has 13 heavy (non-hydrogen) atoms. The molecule has 0 aliphatic carbocycles. The lowest BCUT2D eigenvalue weighted by Crippen LogP contribution is -2.13. The summed E-state index contributed by atoms with van der Waals surface area (Å²) in [6, 6.07) is 0. The Morgan fingerprint density at radius 2 is 1.85 bits per heavy atom. The van der Waals surface area contributed by atoms with Gasteiger partial charge < -0.3 is 0 Å². The van der Waals surface area contributed by atoms with E-state index < -0.39 is 9.84 Å². The smallest absolute Gasteiger partial charge is 0.147 e. The van der Waals surface area contributed by atoms with Crippen molar-refractivity contribution in [2.45, 2.75) is 26.7 Å². The van der Waals surface area contributed by atoms with Crippen LogP contribution in [0.4, 0.5) is 0 Å². The fourth-order valence-electron chi connectivity index (χ4n) is 1.31. The van der Waals surface area contributed by atoms with Crippen molar-refractivity contribution in [3.63, 3.8) is 0 Å². The fourth-order valence-corrected chi connectivity index (χ4v) is 2.35. The molecule has 1 unspecified atom stereocenters. The second kappa shape index (κ2) is 5.86. The molecule has 0 saturated heterocycles. The van der Waals surface area contributed by atoms with Crippen LogP contribution in [0, 0.1) is 11.8 Å². The van der Waals surface area contributed by atoms with Gasteiger partial charge in [-0.15, -0.1) is 11.6 Å².